The van der Waals surface area contributed by atoms with Gasteiger partial charge in [-0.1, -0.05) is 0 Å². The van der Waals surface area contributed by atoms with Gasteiger partial charge in [-0.25, -0.2) is 0 Å². The average Bonchev–Trinajstić information content (AvgIpc) is 2.37. The number of rotatable bonds is 5. The van der Waals surface area contributed by atoms with E-state index in [1.165, 1.54) is 26.4 Å². The van der Waals surface area contributed by atoms with Gasteiger partial charge < -0.3 is 9.47 Å². The number of nitro benzene ring substituents is 1. The second-order valence-electron chi connectivity index (χ2n) is 3.44. The summed E-state index contributed by atoms with van der Waals surface area (Å²) in [6.07, 6.45) is -0.00704. The average molecular weight is 274 g/mol. The molecule has 7 heteroatoms. The lowest BCUT2D eigenvalue weighted by Crippen LogP contribution is -2.07. The number of carbonyl (C=O) groups is 1. The summed E-state index contributed by atoms with van der Waals surface area (Å²) in [5, 5.41) is 10.8. The molecule has 98 valence electrons. The third-order valence-corrected chi connectivity index (χ3v) is 2.69. The number of halogens is 1. The van der Waals surface area contributed by atoms with Crippen molar-refractivity contribution in [2.75, 3.05) is 14.2 Å². The van der Waals surface area contributed by atoms with E-state index in [1.807, 2.05) is 0 Å². The first kappa shape index (κ1) is 14.2. The van der Waals surface area contributed by atoms with Crippen LogP contribution in [-0.4, -0.2) is 25.1 Å². The highest BCUT2D eigenvalue weighted by atomic mass is 35.5. The number of nitrogens with zero attached hydrogens (tertiary/aromatic N) is 1. The summed E-state index contributed by atoms with van der Waals surface area (Å²) < 4.78 is 9.47. The Morgan fingerprint density at radius 3 is 2.50 bits per heavy atom. The molecule has 0 radical (unpaired) electrons. The van der Waals surface area contributed by atoms with E-state index in [0.29, 0.717) is 11.1 Å². The molecule has 0 fully saturated rings. The third-order valence-electron chi connectivity index (χ3n) is 2.40. The van der Waals surface area contributed by atoms with Crippen LogP contribution < -0.4 is 4.74 Å². The highest BCUT2D eigenvalue weighted by molar-refractivity contribution is 6.17. The zero-order chi connectivity index (χ0) is 13.7. The molecule has 0 aliphatic rings. The number of esters is 1. The second-order valence-corrected chi connectivity index (χ2v) is 3.70. The van der Waals surface area contributed by atoms with Crippen LogP contribution in [-0.2, 0) is 21.8 Å². The monoisotopic (exact) mass is 273 g/mol. The number of benzene rings is 1. The van der Waals surface area contributed by atoms with Crippen LogP contribution in [0.4, 0.5) is 5.69 Å². The van der Waals surface area contributed by atoms with Gasteiger partial charge in [0.1, 0.15) is 0 Å². The maximum absolute atomic E-state index is 11.2. The first-order valence-electron chi connectivity index (χ1n) is 5.00. The van der Waals surface area contributed by atoms with Crippen LogP contribution in [0.3, 0.4) is 0 Å². The van der Waals surface area contributed by atoms with Crippen LogP contribution >= 0.6 is 11.6 Å². The maximum Gasteiger partial charge on any atom is 0.311 e. The molecule has 0 saturated carbocycles. The molecular weight excluding hydrogens is 262 g/mol. The molecular formula is C11H12ClNO5. The lowest BCUT2D eigenvalue weighted by Gasteiger charge is -2.09. The third kappa shape index (κ3) is 3.10. The van der Waals surface area contributed by atoms with Crippen molar-refractivity contribution in [3.8, 4) is 5.75 Å². The molecule has 18 heavy (non-hydrogen) atoms. The minimum absolute atomic E-state index is 0.00704. The molecule has 0 amide bonds. The van der Waals surface area contributed by atoms with Crippen LogP contribution in [0.1, 0.15) is 11.1 Å². The molecule has 0 aliphatic heterocycles. The van der Waals surface area contributed by atoms with Crippen molar-refractivity contribution in [1.82, 2.24) is 0 Å². The second kappa shape index (κ2) is 6.20. The molecule has 6 nitrogen and oxygen atoms in total. The van der Waals surface area contributed by atoms with Crippen molar-refractivity contribution in [3.05, 3.63) is 33.4 Å². The Labute approximate surface area is 109 Å². The molecule has 0 spiro atoms. The van der Waals surface area contributed by atoms with E-state index in [0.717, 1.165) is 0 Å². The minimum atomic E-state index is -0.559. The largest absolute Gasteiger partial charge is 0.490 e. The van der Waals surface area contributed by atoms with Crippen molar-refractivity contribution in [2.45, 2.75) is 12.3 Å². The van der Waals surface area contributed by atoms with Crippen molar-refractivity contribution < 1.29 is 19.2 Å². The molecule has 1 aromatic rings. The van der Waals surface area contributed by atoms with E-state index in [1.54, 1.807) is 0 Å². The Bertz CT molecular complexity index is 475. The van der Waals surface area contributed by atoms with Crippen molar-refractivity contribution in [2.24, 2.45) is 0 Å². The van der Waals surface area contributed by atoms with Crippen molar-refractivity contribution in [1.29, 1.82) is 0 Å². The summed E-state index contributed by atoms with van der Waals surface area (Å²) in [7, 11) is 2.59. The summed E-state index contributed by atoms with van der Waals surface area (Å²) in [4.78, 5) is 21.5. The Hall–Kier alpha value is -1.82. The van der Waals surface area contributed by atoms with Crippen LogP contribution in [0.5, 0.6) is 5.75 Å². The van der Waals surface area contributed by atoms with Gasteiger partial charge in [-0.05, 0) is 17.2 Å². The SMILES string of the molecule is COC(=O)Cc1cc(OC)c([N+](=O)[O-])cc1CCl. The molecule has 0 aromatic heterocycles. The number of alkyl halides is 1. The van der Waals surface area contributed by atoms with Crippen LogP contribution in [0.25, 0.3) is 0 Å². The van der Waals surface area contributed by atoms with Gasteiger partial charge in [0, 0.05) is 11.9 Å². The van der Waals surface area contributed by atoms with Gasteiger partial charge in [-0.15, -0.1) is 11.6 Å². The van der Waals surface area contributed by atoms with Gasteiger partial charge in [0.25, 0.3) is 0 Å². The Balaban J connectivity index is 3.26. The van der Waals surface area contributed by atoms with E-state index in [4.69, 9.17) is 16.3 Å². The Kier molecular flexibility index (Phi) is 4.91. The predicted octanol–water partition coefficient (Wildman–Crippen LogP) is 2.06. The highest BCUT2D eigenvalue weighted by Gasteiger charge is 2.19. The molecule has 0 aliphatic carbocycles. The fourth-order valence-corrected chi connectivity index (χ4v) is 1.73. The molecule has 1 rings (SSSR count). The fraction of sp³-hybridized carbons (Fsp3) is 0.364. The molecule has 0 atom stereocenters. The van der Waals surface area contributed by atoms with Gasteiger partial charge in [-0.3, -0.25) is 14.9 Å². The summed E-state index contributed by atoms with van der Waals surface area (Å²) in [5.74, 6) is -0.290. The summed E-state index contributed by atoms with van der Waals surface area (Å²) in [6, 6.07) is 2.75. The zero-order valence-corrected chi connectivity index (χ0v) is 10.7. The molecule has 1 aromatic carbocycles. The molecule has 0 saturated heterocycles. The number of hydrogen-bond acceptors (Lipinski definition) is 5. The van der Waals surface area contributed by atoms with E-state index in [-0.39, 0.29) is 23.7 Å². The van der Waals surface area contributed by atoms with E-state index in [9.17, 15) is 14.9 Å². The van der Waals surface area contributed by atoms with Gasteiger partial charge in [0.2, 0.25) is 0 Å². The number of methoxy groups -OCH3 is 2. The highest BCUT2D eigenvalue weighted by Crippen LogP contribution is 2.31. The summed E-state index contributed by atoms with van der Waals surface area (Å²) in [5.41, 5.74) is 0.885. The molecule has 0 unspecified atom stereocenters. The van der Waals surface area contributed by atoms with Gasteiger partial charge >= 0.3 is 11.7 Å². The maximum atomic E-state index is 11.2. The van der Waals surface area contributed by atoms with Crippen molar-refractivity contribution in [3.63, 3.8) is 0 Å². The molecule has 0 N–H and O–H groups in total. The first-order chi connectivity index (χ1) is 8.53. The van der Waals surface area contributed by atoms with E-state index < -0.39 is 10.9 Å². The fourth-order valence-electron chi connectivity index (χ4n) is 1.48. The summed E-state index contributed by atoms with van der Waals surface area (Å²) in [6.45, 7) is 0. The lowest BCUT2D eigenvalue weighted by molar-refractivity contribution is -0.385. The van der Waals surface area contributed by atoms with E-state index in [2.05, 4.69) is 4.74 Å². The van der Waals surface area contributed by atoms with Crippen LogP contribution in [0.15, 0.2) is 12.1 Å². The van der Waals surface area contributed by atoms with Crippen LogP contribution in [0.2, 0.25) is 0 Å². The van der Waals surface area contributed by atoms with Crippen LogP contribution in [0, 0.1) is 10.1 Å². The number of hydrogen-bond donors (Lipinski definition) is 0. The normalized spacial score (nSPS) is 9.94. The van der Waals surface area contributed by atoms with Gasteiger partial charge in [-0.2, -0.15) is 0 Å². The smallest absolute Gasteiger partial charge is 0.311 e. The summed E-state index contributed by atoms with van der Waals surface area (Å²) >= 11 is 5.72. The molecule has 0 heterocycles. The first-order valence-corrected chi connectivity index (χ1v) is 5.53. The van der Waals surface area contributed by atoms with Gasteiger partial charge in [0.05, 0.1) is 25.6 Å². The topological polar surface area (TPSA) is 78.7 Å². The van der Waals surface area contributed by atoms with Gasteiger partial charge in [0.15, 0.2) is 5.75 Å². The number of carbonyl (C=O) groups excluding carboxylic acids is 1. The quantitative estimate of drug-likeness (QED) is 0.355. The number of ether oxygens (including phenoxy) is 2. The predicted molar refractivity (Wildman–Crippen MR) is 64.9 cm³/mol. The Morgan fingerprint density at radius 1 is 1.39 bits per heavy atom. The standard InChI is InChI=1S/C11H12ClNO5/c1-17-10-4-7(5-11(14)18-2)8(6-12)3-9(10)13(15)16/h3-4H,5-6H2,1-2H3. The number of nitro groups is 1. The zero-order valence-electron chi connectivity index (χ0n) is 9.94. The minimum Gasteiger partial charge on any atom is -0.490 e. The van der Waals surface area contributed by atoms with Crippen molar-refractivity contribution >= 4 is 23.3 Å². The Morgan fingerprint density at radius 2 is 2.06 bits per heavy atom. The molecule has 0 bridgehead atoms. The lowest BCUT2D eigenvalue weighted by atomic mass is 10.0. The van der Waals surface area contributed by atoms with E-state index >= 15 is 0 Å².